The third-order valence-electron chi connectivity index (χ3n) is 5.39. The monoisotopic (exact) mass is 361 g/mol. The molecule has 0 N–H and O–H groups in total. The number of aromatic nitrogens is 2. The van der Waals surface area contributed by atoms with E-state index in [1.165, 1.54) is 0 Å². The minimum Gasteiger partial charge on any atom is -0.486 e. The molecule has 1 aliphatic heterocycles. The van der Waals surface area contributed by atoms with Crippen molar-refractivity contribution in [1.29, 1.82) is 0 Å². The molecule has 2 aliphatic rings. The van der Waals surface area contributed by atoms with Crippen molar-refractivity contribution >= 4 is 5.69 Å². The summed E-state index contributed by atoms with van der Waals surface area (Å²) in [4.78, 5) is 2.20. The summed E-state index contributed by atoms with van der Waals surface area (Å²) >= 11 is 0. The average Bonchev–Trinajstić information content (AvgIpc) is 3.32. The molecule has 6 heteroatoms. The van der Waals surface area contributed by atoms with Crippen molar-refractivity contribution in [3.63, 3.8) is 0 Å². The Morgan fingerprint density at radius 3 is 2.73 bits per heavy atom. The van der Waals surface area contributed by atoms with Gasteiger partial charge in [-0.3, -0.25) is 4.68 Å². The van der Waals surface area contributed by atoms with E-state index in [0.717, 1.165) is 55.0 Å². The highest BCUT2D eigenvalue weighted by molar-refractivity contribution is 5.77. The maximum absolute atomic E-state index is 13.5. The Bertz CT molecular complexity index is 808. The minimum absolute atomic E-state index is 0.423. The van der Waals surface area contributed by atoms with E-state index >= 15 is 0 Å². The molecular weight excluding hydrogens is 336 g/mol. The molecule has 26 heavy (non-hydrogen) atoms. The van der Waals surface area contributed by atoms with Gasteiger partial charge in [-0.1, -0.05) is 0 Å². The third-order valence-corrected chi connectivity index (χ3v) is 5.39. The summed E-state index contributed by atoms with van der Waals surface area (Å²) < 4.78 is 34.6. The summed E-state index contributed by atoms with van der Waals surface area (Å²) in [6.45, 7) is 2.45. The van der Waals surface area contributed by atoms with Crippen LogP contribution in [0.3, 0.4) is 0 Å². The van der Waals surface area contributed by atoms with Gasteiger partial charge in [0.15, 0.2) is 6.61 Å². The highest BCUT2D eigenvalue weighted by atomic mass is 19.3. The molecule has 2 heterocycles. The first-order chi connectivity index (χ1) is 12.3. The number of rotatable bonds is 5. The van der Waals surface area contributed by atoms with Crippen molar-refractivity contribution in [2.45, 2.75) is 57.5 Å². The number of nitrogens with zero attached hydrogens (tertiary/aromatic N) is 3. The summed E-state index contributed by atoms with van der Waals surface area (Å²) in [5.41, 5.74) is 3.86. The fraction of sp³-hybridized carbons (Fsp3) is 0.550. The Kier molecular flexibility index (Phi) is 4.16. The molecular formula is C20H25F2N3O. The highest BCUT2D eigenvalue weighted by Crippen LogP contribution is 2.43. The molecule has 1 fully saturated rings. The van der Waals surface area contributed by atoms with Crippen molar-refractivity contribution < 1.29 is 13.5 Å². The molecule has 1 aliphatic carbocycles. The molecule has 0 radical (unpaired) electrons. The molecule has 4 rings (SSSR count). The van der Waals surface area contributed by atoms with E-state index in [0.29, 0.717) is 17.8 Å². The van der Waals surface area contributed by atoms with Gasteiger partial charge in [-0.25, -0.2) is 8.78 Å². The number of benzene rings is 1. The van der Waals surface area contributed by atoms with Crippen LogP contribution < -0.4 is 9.64 Å². The topological polar surface area (TPSA) is 30.3 Å². The SMILES string of the molecule is CC1CCc2c(ccc(-c3cnn(C4CC4)c3)c2OCC(C)(F)F)N1C. The maximum atomic E-state index is 13.5. The predicted molar refractivity (Wildman–Crippen MR) is 98.2 cm³/mol. The smallest absolute Gasteiger partial charge is 0.278 e. The molecule has 2 aromatic rings. The molecule has 1 aromatic carbocycles. The van der Waals surface area contributed by atoms with E-state index < -0.39 is 12.5 Å². The van der Waals surface area contributed by atoms with Gasteiger partial charge in [0.2, 0.25) is 0 Å². The minimum atomic E-state index is -2.87. The fourth-order valence-electron chi connectivity index (χ4n) is 3.58. The highest BCUT2D eigenvalue weighted by Gasteiger charge is 2.29. The number of fused-ring (bicyclic) bond motifs is 1. The van der Waals surface area contributed by atoms with Gasteiger partial charge in [-0.2, -0.15) is 5.10 Å². The van der Waals surface area contributed by atoms with Crippen molar-refractivity contribution in [3.8, 4) is 16.9 Å². The third kappa shape index (κ3) is 3.29. The van der Waals surface area contributed by atoms with E-state index in [4.69, 9.17) is 4.74 Å². The lowest BCUT2D eigenvalue weighted by atomic mass is 9.93. The predicted octanol–water partition coefficient (Wildman–Crippen LogP) is 4.69. The lowest BCUT2D eigenvalue weighted by Gasteiger charge is -2.35. The van der Waals surface area contributed by atoms with Gasteiger partial charge in [0.05, 0.1) is 12.2 Å². The summed E-state index contributed by atoms with van der Waals surface area (Å²) in [5, 5.41) is 4.45. The van der Waals surface area contributed by atoms with Crippen LogP contribution in [-0.4, -0.2) is 35.4 Å². The first-order valence-corrected chi connectivity index (χ1v) is 9.27. The number of hydrogen-bond donors (Lipinski definition) is 0. The van der Waals surface area contributed by atoms with E-state index in [2.05, 4.69) is 23.0 Å². The molecule has 1 aromatic heterocycles. The zero-order chi connectivity index (χ0) is 18.5. The van der Waals surface area contributed by atoms with Gasteiger partial charge in [0, 0.05) is 48.6 Å². The molecule has 0 bridgehead atoms. The van der Waals surface area contributed by atoms with Crippen molar-refractivity contribution in [1.82, 2.24) is 9.78 Å². The molecule has 1 unspecified atom stereocenters. The number of anilines is 1. The molecule has 4 nitrogen and oxygen atoms in total. The molecule has 0 amide bonds. The second kappa shape index (κ2) is 6.25. The Labute approximate surface area is 152 Å². The molecule has 140 valence electrons. The van der Waals surface area contributed by atoms with Crippen molar-refractivity contribution in [3.05, 3.63) is 30.1 Å². The van der Waals surface area contributed by atoms with Crippen LogP contribution in [0.4, 0.5) is 14.5 Å². The second-order valence-electron chi connectivity index (χ2n) is 7.74. The van der Waals surface area contributed by atoms with E-state index in [-0.39, 0.29) is 0 Å². The van der Waals surface area contributed by atoms with Crippen LogP contribution in [0.15, 0.2) is 24.5 Å². The first-order valence-electron chi connectivity index (χ1n) is 9.27. The van der Waals surface area contributed by atoms with Crippen molar-refractivity contribution in [2.24, 2.45) is 0 Å². The Morgan fingerprint density at radius 2 is 2.04 bits per heavy atom. The maximum Gasteiger partial charge on any atom is 0.278 e. The van der Waals surface area contributed by atoms with Gasteiger partial charge in [-0.15, -0.1) is 0 Å². The van der Waals surface area contributed by atoms with Gasteiger partial charge in [0.1, 0.15) is 5.75 Å². The lowest BCUT2D eigenvalue weighted by molar-refractivity contribution is -0.0230. The number of ether oxygens (including phenoxy) is 1. The quantitative estimate of drug-likeness (QED) is 0.774. The lowest BCUT2D eigenvalue weighted by Crippen LogP contribution is -2.34. The van der Waals surface area contributed by atoms with Crippen molar-refractivity contribution in [2.75, 3.05) is 18.6 Å². The zero-order valence-electron chi connectivity index (χ0n) is 15.5. The average molecular weight is 361 g/mol. The van der Waals surface area contributed by atoms with Gasteiger partial charge < -0.3 is 9.64 Å². The zero-order valence-corrected chi connectivity index (χ0v) is 15.5. The summed E-state index contributed by atoms with van der Waals surface area (Å²) in [5.74, 6) is -2.29. The van der Waals surface area contributed by atoms with E-state index in [1.807, 2.05) is 30.2 Å². The first kappa shape index (κ1) is 17.3. The van der Waals surface area contributed by atoms with Gasteiger partial charge in [-0.05, 0) is 44.7 Å². The second-order valence-corrected chi connectivity index (χ2v) is 7.74. The van der Waals surface area contributed by atoms with Gasteiger partial charge in [0.25, 0.3) is 5.92 Å². The Morgan fingerprint density at radius 1 is 1.27 bits per heavy atom. The standard InChI is InChI=1S/C20H25F2N3O/c1-13-4-7-17-18(24(13)3)9-8-16(19(17)26-12-20(2,21)22)14-10-23-25(11-14)15-5-6-15/h8-11,13,15H,4-7,12H2,1-3H3. The molecule has 0 saturated heterocycles. The van der Waals surface area contributed by atoms with Crippen LogP contribution in [0.2, 0.25) is 0 Å². The molecule has 0 spiro atoms. The summed E-state index contributed by atoms with van der Waals surface area (Å²) in [7, 11) is 2.05. The fourth-order valence-corrected chi connectivity index (χ4v) is 3.58. The van der Waals surface area contributed by atoms with Crippen LogP contribution in [0, 0.1) is 0 Å². The van der Waals surface area contributed by atoms with Crippen LogP contribution in [-0.2, 0) is 6.42 Å². The Balaban J connectivity index is 1.76. The normalized spacial score (nSPS) is 20.2. The van der Waals surface area contributed by atoms with Crippen LogP contribution in [0.25, 0.3) is 11.1 Å². The van der Waals surface area contributed by atoms with Crippen LogP contribution in [0.5, 0.6) is 5.75 Å². The molecule has 1 atom stereocenters. The number of halogens is 2. The van der Waals surface area contributed by atoms with E-state index in [1.54, 1.807) is 0 Å². The van der Waals surface area contributed by atoms with E-state index in [9.17, 15) is 8.78 Å². The van der Waals surface area contributed by atoms with Crippen LogP contribution in [0.1, 0.15) is 44.7 Å². The largest absolute Gasteiger partial charge is 0.486 e. The van der Waals surface area contributed by atoms with Crippen LogP contribution >= 0.6 is 0 Å². The molecule has 1 saturated carbocycles. The van der Waals surface area contributed by atoms with Gasteiger partial charge >= 0.3 is 0 Å². The summed E-state index contributed by atoms with van der Waals surface area (Å²) in [6, 6.07) is 4.96. The summed E-state index contributed by atoms with van der Waals surface area (Å²) in [6.07, 6.45) is 7.93. The Hall–Kier alpha value is -2.11. The number of alkyl halides is 2. The number of hydrogen-bond acceptors (Lipinski definition) is 3.